The molecular weight excluding hydrogens is 268 g/mol. The van der Waals surface area contributed by atoms with Crippen molar-refractivity contribution in [2.75, 3.05) is 26.2 Å². The number of hydrogen-bond acceptors (Lipinski definition) is 3. The van der Waals surface area contributed by atoms with Crippen LogP contribution in [-0.4, -0.2) is 53.6 Å². The summed E-state index contributed by atoms with van der Waals surface area (Å²) in [6.45, 7) is 4.45. The van der Waals surface area contributed by atoms with E-state index in [1.165, 1.54) is 4.90 Å². The lowest BCUT2D eigenvalue weighted by molar-refractivity contribution is -0.149. The third kappa shape index (κ3) is 3.48. The van der Waals surface area contributed by atoms with Gasteiger partial charge in [-0.25, -0.2) is 0 Å². The Hall–Kier alpha value is -2.17. The van der Waals surface area contributed by atoms with Crippen molar-refractivity contribution in [1.82, 2.24) is 9.80 Å². The molecule has 0 atom stereocenters. The van der Waals surface area contributed by atoms with Gasteiger partial charge in [-0.05, 0) is 18.9 Å². The Kier molecular flexibility index (Phi) is 4.73. The minimum Gasteiger partial charge on any atom is -0.332 e. The summed E-state index contributed by atoms with van der Waals surface area (Å²) in [5.41, 5.74) is 1.49. The molecule has 1 aromatic carbocycles. The number of ketones is 1. The third-order valence-corrected chi connectivity index (χ3v) is 3.63. The molecule has 1 saturated heterocycles. The maximum absolute atomic E-state index is 12.3. The zero-order valence-electron chi connectivity index (χ0n) is 12.5. The second kappa shape index (κ2) is 6.52. The molecule has 1 aliphatic heterocycles. The van der Waals surface area contributed by atoms with Gasteiger partial charge in [0.15, 0.2) is 5.78 Å². The highest BCUT2D eigenvalue weighted by molar-refractivity contribution is 6.02. The number of nitrogens with zero attached hydrogens (tertiary/aromatic N) is 2. The Balaban J connectivity index is 2.04. The highest BCUT2D eigenvalue weighted by Gasteiger charge is 2.30. The zero-order valence-corrected chi connectivity index (χ0v) is 12.5. The predicted molar refractivity (Wildman–Crippen MR) is 79.0 cm³/mol. The molecule has 1 heterocycles. The molecule has 5 heteroatoms. The van der Waals surface area contributed by atoms with Crippen molar-refractivity contribution in [3.8, 4) is 0 Å². The lowest BCUT2D eigenvalue weighted by atomic mass is 10.0. The van der Waals surface area contributed by atoms with Crippen molar-refractivity contribution in [3.05, 3.63) is 35.4 Å². The van der Waals surface area contributed by atoms with E-state index < -0.39 is 0 Å². The number of aryl methyl sites for hydroxylation is 1. The van der Waals surface area contributed by atoms with Gasteiger partial charge in [-0.3, -0.25) is 14.4 Å². The van der Waals surface area contributed by atoms with Gasteiger partial charge in [0.25, 0.3) is 0 Å². The Morgan fingerprint density at radius 1 is 1.10 bits per heavy atom. The summed E-state index contributed by atoms with van der Waals surface area (Å²) in [5, 5.41) is 0. The number of hydrogen-bond donors (Lipinski definition) is 0. The molecule has 1 aromatic rings. The summed E-state index contributed by atoms with van der Waals surface area (Å²) < 4.78 is 0. The van der Waals surface area contributed by atoms with E-state index in [2.05, 4.69) is 0 Å². The minimum absolute atomic E-state index is 0.00352. The number of Topliss-reactive ketones (excluding diaryl/α,β-unsaturated/α-hetero) is 1. The predicted octanol–water partition coefficient (Wildman–Crippen LogP) is 1.26. The van der Waals surface area contributed by atoms with Gasteiger partial charge in [-0.2, -0.15) is 0 Å². The highest BCUT2D eigenvalue weighted by atomic mass is 16.2. The number of amides is 2. The zero-order chi connectivity index (χ0) is 15.4. The summed E-state index contributed by atoms with van der Waals surface area (Å²) in [5.74, 6) is -0.378. The van der Waals surface area contributed by atoms with Gasteiger partial charge in [-0.1, -0.05) is 31.2 Å². The first kappa shape index (κ1) is 15.2. The van der Waals surface area contributed by atoms with E-state index in [-0.39, 0.29) is 37.2 Å². The topological polar surface area (TPSA) is 57.7 Å². The van der Waals surface area contributed by atoms with Crippen molar-refractivity contribution in [3.63, 3.8) is 0 Å². The first-order valence-electron chi connectivity index (χ1n) is 7.17. The third-order valence-electron chi connectivity index (χ3n) is 3.63. The van der Waals surface area contributed by atoms with E-state index >= 15 is 0 Å². The summed E-state index contributed by atoms with van der Waals surface area (Å²) in [7, 11) is 0. The molecule has 5 nitrogen and oxygen atoms in total. The molecule has 0 saturated carbocycles. The number of carbonyl (C=O) groups excluding carboxylic acids is 3. The summed E-state index contributed by atoms with van der Waals surface area (Å²) in [6, 6.07) is 7.27. The van der Waals surface area contributed by atoms with Crippen LogP contribution in [0.5, 0.6) is 0 Å². The number of rotatable bonds is 5. The molecule has 0 unspecified atom stereocenters. The van der Waals surface area contributed by atoms with Gasteiger partial charge < -0.3 is 9.80 Å². The standard InChI is InChI=1S/C16H20N2O3/c1-3-8-17-10-16(21)18(11-15(17)20)9-14(19)13-7-5-4-6-12(13)2/h4-7H,3,8-11H2,1-2H3. The normalized spacial score (nSPS) is 15.5. The van der Waals surface area contributed by atoms with Crippen LogP contribution >= 0.6 is 0 Å². The molecule has 112 valence electrons. The van der Waals surface area contributed by atoms with E-state index in [0.717, 1.165) is 12.0 Å². The van der Waals surface area contributed by atoms with Crippen LogP contribution in [0.3, 0.4) is 0 Å². The molecule has 2 amide bonds. The van der Waals surface area contributed by atoms with Gasteiger partial charge in [0.2, 0.25) is 11.8 Å². The van der Waals surface area contributed by atoms with E-state index in [1.807, 2.05) is 26.0 Å². The van der Waals surface area contributed by atoms with Crippen LogP contribution in [0.2, 0.25) is 0 Å². The van der Waals surface area contributed by atoms with Crippen molar-refractivity contribution >= 4 is 17.6 Å². The molecule has 1 fully saturated rings. The quantitative estimate of drug-likeness (QED) is 0.766. The maximum atomic E-state index is 12.3. The van der Waals surface area contributed by atoms with E-state index in [1.54, 1.807) is 17.0 Å². The molecule has 0 radical (unpaired) electrons. The SMILES string of the molecule is CCCN1CC(=O)N(CC(=O)c2ccccc2C)CC1=O. The van der Waals surface area contributed by atoms with Crippen molar-refractivity contribution in [2.45, 2.75) is 20.3 Å². The van der Waals surface area contributed by atoms with Crippen LogP contribution in [0.4, 0.5) is 0 Å². The first-order valence-corrected chi connectivity index (χ1v) is 7.17. The molecule has 0 bridgehead atoms. The minimum atomic E-state index is -0.162. The molecule has 0 spiro atoms. The Labute approximate surface area is 124 Å². The van der Waals surface area contributed by atoms with Crippen LogP contribution in [0.1, 0.15) is 29.3 Å². The van der Waals surface area contributed by atoms with Crippen LogP contribution < -0.4 is 0 Å². The highest BCUT2D eigenvalue weighted by Crippen LogP contribution is 2.11. The molecule has 21 heavy (non-hydrogen) atoms. The number of benzene rings is 1. The lowest BCUT2D eigenvalue weighted by Gasteiger charge is -2.33. The Morgan fingerprint density at radius 3 is 2.38 bits per heavy atom. The van der Waals surface area contributed by atoms with Gasteiger partial charge >= 0.3 is 0 Å². The van der Waals surface area contributed by atoms with E-state index in [4.69, 9.17) is 0 Å². The summed E-state index contributed by atoms with van der Waals surface area (Å²) in [4.78, 5) is 39.2. The average Bonchev–Trinajstić information content (AvgIpc) is 2.45. The summed E-state index contributed by atoms with van der Waals surface area (Å²) >= 11 is 0. The van der Waals surface area contributed by atoms with Crippen LogP contribution in [0.15, 0.2) is 24.3 Å². The van der Waals surface area contributed by atoms with Gasteiger partial charge in [0.05, 0.1) is 13.1 Å². The molecule has 0 N–H and O–H groups in total. The van der Waals surface area contributed by atoms with Gasteiger partial charge in [-0.15, -0.1) is 0 Å². The maximum Gasteiger partial charge on any atom is 0.243 e. The van der Waals surface area contributed by atoms with Gasteiger partial charge in [0, 0.05) is 12.1 Å². The summed E-state index contributed by atoms with van der Waals surface area (Å²) in [6.07, 6.45) is 0.821. The van der Waals surface area contributed by atoms with Crippen LogP contribution in [-0.2, 0) is 9.59 Å². The van der Waals surface area contributed by atoms with Crippen LogP contribution in [0.25, 0.3) is 0 Å². The second-order valence-electron chi connectivity index (χ2n) is 5.30. The second-order valence-corrected chi connectivity index (χ2v) is 5.30. The molecule has 0 aromatic heterocycles. The van der Waals surface area contributed by atoms with Gasteiger partial charge in [0.1, 0.15) is 6.54 Å². The fourth-order valence-electron chi connectivity index (χ4n) is 2.46. The van der Waals surface area contributed by atoms with E-state index in [9.17, 15) is 14.4 Å². The average molecular weight is 288 g/mol. The van der Waals surface area contributed by atoms with Crippen molar-refractivity contribution in [1.29, 1.82) is 0 Å². The smallest absolute Gasteiger partial charge is 0.243 e. The monoisotopic (exact) mass is 288 g/mol. The molecule has 0 aliphatic carbocycles. The van der Waals surface area contributed by atoms with E-state index in [0.29, 0.717) is 12.1 Å². The van der Waals surface area contributed by atoms with Crippen LogP contribution in [0, 0.1) is 6.92 Å². The fourth-order valence-corrected chi connectivity index (χ4v) is 2.46. The molecule has 2 rings (SSSR count). The lowest BCUT2D eigenvalue weighted by Crippen LogP contribution is -2.55. The Bertz CT molecular complexity index is 568. The number of piperazine rings is 1. The van der Waals surface area contributed by atoms with Crippen molar-refractivity contribution in [2.24, 2.45) is 0 Å². The fraction of sp³-hybridized carbons (Fsp3) is 0.438. The van der Waals surface area contributed by atoms with Crippen molar-refractivity contribution < 1.29 is 14.4 Å². The molecular formula is C16H20N2O3. The Morgan fingerprint density at radius 2 is 1.71 bits per heavy atom. The first-order chi connectivity index (χ1) is 10.0. The largest absolute Gasteiger partial charge is 0.332 e. The molecule has 1 aliphatic rings. The number of carbonyl (C=O) groups is 3.